The van der Waals surface area contributed by atoms with Crippen molar-refractivity contribution in [3.63, 3.8) is 0 Å². The molecule has 0 saturated carbocycles. The van der Waals surface area contributed by atoms with Crippen LogP contribution in [0.5, 0.6) is 0 Å². The number of aliphatic hydroxyl groups excluding tert-OH is 1. The molecule has 3 N–H and O–H groups in total. The van der Waals surface area contributed by atoms with Crippen LogP contribution in [0.4, 0.5) is 0 Å². The summed E-state index contributed by atoms with van der Waals surface area (Å²) < 4.78 is 0. The molecule has 0 saturated heterocycles. The minimum atomic E-state index is -0.0844. The Kier molecular flexibility index (Phi) is 7.52. The number of nitrogens with two attached hydrogens (primary N) is 1. The van der Waals surface area contributed by atoms with Crippen LogP contribution in [0.2, 0.25) is 0 Å². The molecule has 114 valence electrons. The van der Waals surface area contributed by atoms with Gasteiger partial charge in [-0.2, -0.15) is 0 Å². The van der Waals surface area contributed by atoms with Crippen LogP contribution in [-0.4, -0.2) is 42.2 Å². The highest BCUT2D eigenvalue weighted by Gasteiger charge is 2.17. The number of aryl methyl sites for hydroxylation is 1. The smallest absolute Gasteiger partial charge is 0.255 e. The molecule has 4 heteroatoms. The van der Waals surface area contributed by atoms with Crippen molar-refractivity contribution < 1.29 is 9.90 Å². The normalized spacial score (nSPS) is 9.90. The van der Waals surface area contributed by atoms with E-state index in [1.807, 2.05) is 19.1 Å². The van der Waals surface area contributed by atoms with Gasteiger partial charge in [0, 0.05) is 18.7 Å². The maximum atomic E-state index is 12.7. The Morgan fingerprint density at radius 1 is 1.38 bits per heavy atom. The first-order valence-electron chi connectivity index (χ1n) is 7.33. The predicted molar refractivity (Wildman–Crippen MR) is 85.0 cm³/mol. The average Bonchev–Trinajstić information content (AvgIpc) is 2.48. The van der Waals surface area contributed by atoms with E-state index in [0.29, 0.717) is 24.2 Å². The van der Waals surface area contributed by atoms with Crippen molar-refractivity contribution in [1.29, 1.82) is 0 Å². The van der Waals surface area contributed by atoms with Gasteiger partial charge in [-0.1, -0.05) is 31.3 Å². The molecule has 0 aliphatic carbocycles. The van der Waals surface area contributed by atoms with Crippen LogP contribution in [0.15, 0.2) is 18.2 Å². The van der Waals surface area contributed by atoms with Crippen molar-refractivity contribution >= 4 is 5.91 Å². The average molecular weight is 288 g/mol. The molecule has 1 rings (SSSR count). The molecule has 0 aromatic heterocycles. The van der Waals surface area contributed by atoms with Crippen LogP contribution in [0.3, 0.4) is 0 Å². The Bertz CT molecular complexity index is 529. The molecule has 0 aliphatic heterocycles. The first-order chi connectivity index (χ1) is 10.1. The van der Waals surface area contributed by atoms with E-state index < -0.39 is 0 Å². The summed E-state index contributed by atoms with van der Waals surface area (Å²) >= 11 is 0. The van der Waals surface area contributed by atoms with Crippen molar-refractivity contribution in [2.75, 3.05) is 26.2 Å². The van der Waals surface area contributed by atoms with Gasteiger partial charge >= 0.3 is 0 Å². The number of hydrogen-bond acceptors (Lipinski definition) is 3. The zero-order valence-corrected chi connectivity index (χ0v) is 12.9. The number of amides is 1. The number of benzene rings is 1. The highest BCUT2D eigenvalue weighted by atomic mass is 16.3. The lowest BCUT2D eigenvalue weighted by molar-refractivity contribution is 0.0719. The van der Waals surface area contributed by atoms with E-state index in [2.05, 4.69) is 18.8 Å². The maximum absolute atomic E-state index is 12.7. The summed E-state index contributed by atoms with van der Waals surface area (Å²) in [6, 6.07) is 5.60. The molecular weight excluding hydrogens is 264 g/mol. The number of aliphatic hydroxyl groups is 1. The highest BCUT2D eigenvalue weighted by Crippen LogP contribution is 2.14. The van der Waals surface area contributed by atoms with E-state index in [4.69, 9.17) is 10.8 Å². The van der Waals surface area contributed by atoms with Crippen LogP contribution in [0.1, 0.15) is 41.3 Å². The fraction of sp³-hybridized carbons (Fsp3) is 0.471. The first-order valence-corrected chi connectivity index (χ1v) is 7.33. The van der Waals surface area contributed by atoms with Crippen molar-refractivity contribution in [3.05, 3.63) is 34.9 Å². The second-order valence-electron chi connectivity index (χ2n) is 4.92. The molecule has 0 atom stereocenters. The van der Waals surface area contributed by atoms with Gasteiger partial charge in [-0.3, -0.25) is 4.79 Å². The summed E-state index contributed by atoms with van der Waals surface area (Å²) in [7, 11) is 0. The Balaban J connectivity index is 3.08. The Morgan fingerprint density at radius 3 is 2.76 bits per heavy atom. The third-order valence-corrected chi connectivity index (χ3v) is 3.17. The first kappa shape index (κ1) is 17.2. The molecular formula is C17H24N2O2. The Morgan fingerprint density at radius 2 is 2.14 bits per heavy atom. The van der Waals surface area contributed by atoms with Gasteiger partial charge in [0.1, 0.15) is 0 Å². The van der Waals surface area contributed by atoms with Crippen molar-refractivity contribution in [3.8, 4) is 11.8 Å². The van der Waals surface area contributed by atoms with Crippen LogP contribution in [0.25, 0.3) is 0 Å². The van der Waals surface area contributed by atoms with E-state index in [1.165, 1.54) is 0 Å². The van der Waals surface area contributed by atoms with Gasteiger partial charge in [-0.15, -0.1) is 0 Å². The van der Waals surface area contributed by atoms with E-state index in [1.54, 1.807) is 11.0 Å². The molecule has 1 aromatic rings. The standard InChI is InChI=1S/C17H24N2O2/c1-3-4-10-19(11-12-20)17(21)16-8-7-14(2)13-15(16)6-5-9-18/h7-8,13,20H,3-4,9-12,18H2,1-2H3. The van der Waals surface area contributed by atoms with Crippen molar-refractivity contribution in [2.45, 2.75) is 26.7 Å². The quantitative estimate of drug-likeness (QED) is 0.780. The zero-order chi connectivity index (χ0) is 15.7. The van der Waals surface area contributed by atoms with Gasteiger partial charge < -0.3 is 15.7 Å². The summed E-state index contributed by atoms with van der Waals surface area (Å²) in [5, 5.41) is 9.15. The molecule has 0 bridgehead atoms. The van der Waals surface area contributed by atoms with Crippen LogP contribution in [-0.2, 0) is 0 Å². The molecule has 0 radical (unpaired) electrons. The molecule has 0 fully saturated rings. The number of nitrogens with zero attached hydrogens (tertiary/aromatic N) is 1. The van der Waals surface area contributed by atoms with Gasteiger partial charge in [-0.25, -0.2) is 0 Å². The second-order valence-corrected chi connectivity index (χ2v) is 4.92. The van der Waals surface area contributed by atoms with Gasteiger partial charge in [0.2, 0.25) is 0 Å². The molecule has 21 heavy (non-hydrogen) atoms. The van der Waals surface area contributed by atoms with E-state index in [-0.39, 0.29) is 19.1 Å². The number of rotatable bonds is 6. The number of unbranched alkanes of at least 4 members (excludes halogenated alkanes) is 1. The fourth-order valence-electron chi connectivity index (χ4n) is 2.05. The number of carbonyl (C=O) groups is 1. The Labute approximate surface area is 127 Å². The van der Waals surface area contributed by atoms with Crippen molar-refractivity contribution in [1.82, 2.24) is 4.90 Å². The third-order valence-electron chi connectivity index (χ3n) is 3.17. The minimum Gasteiger partial charge on any atom is -0.395 e. The third kappa shape index (κ3) is 5.22. The lowest BCUT2D eigenvalue weighted by Gasteiger charge is -2.22. The molecule has 1 amide bonds. The summed E-state index contributed by atoms with van der Waals surface area (Å²) in [5.41, 5.74) is 7.74. The fourth-order valence-corrected chi connectivity index (χ4v) is 2.05. The molecule has 1 aromatic carbocycles. The largest absolute Gasteiger partial charge is 0.395 e. The molecule has 4 nitrogen and oxygen atoms in total. The molecule has 0 aliphatic rings. The van der Waals surface area contributed by atoms with E-state index in [9.17, 15) is 4.79 Å². The predicted octanol–water partition coefficient (Wildman–Crippen LogP) is 1.54. The summed E-state index contributed by atoms with van der Waals surface area (Å²) in [5.74, 6) is 5.68. The maximum Gasteiger partial charge on any atom is 0.255 e. The summed E-state index contributed by atoms with van der Waals surface area (Å²) in [6.07, 6.45) is 1.92. The summed E-state index contributed by atoms with van der Waals surface area (Å²) in [6.45, 7) is 5.25. The van der Waals surface area contributed by atoms with Crippen molar-refractivity contribution in [2.24, 2.45) is 5.73 Å². The zero-order valence-electron chi connectivity index (χ0n) is 12.9. The highest BCUT2D eigenvalue weighted by molar-refractivity contribution is 5.96. The van der Waals surface area contributed by atoms with Crippen LogP contribution >= 0.6 is 0 Å². The summed E-state index contributed by atoms with van der Waals surface area (Å²) in [4.78, 5) is 14.3. The number of carbonyl (C=O) groups excluding carboxylic acids is 1. The van der Waals surface area contributed by atoms with Gasteiger partial charge in [0.15, 0.2) is 0 Å². The van der Waals surface area contributed by atoms with Crippen LogP contribution < -0.4 is 5.73 Å². The second kappa shape index (κ2) is 9.17. The molecule has 0 unspecified atom stereocenters. The van der Waals surface area contributed by atoms with Gasteiger partial charge in [-0.05, 0) is 31.0 Å². The monoisotopic (exact) mass is 288 g/mol. The van der Waals surface area contributed by atoms with Crippen LogP contribution in [0, 0.1) is 18.8 Å². The van der Waals surface area contributed by atoms with E-state index >= 15 is 0 Å². The topological polar surface area (TPSA) is 66.6 Å². The van der Waals surface area contributed by atoms with Gasteiger partial charge in [0.05, 0.1) is 18.7 Å². The Hall–Kier alpha value is -1.83. The molecule has 0 heterocycles. The molecule has 0 spiro atoms. The SMILES string of the molecule is CCCCN(CCO)C(=O)c1ccc(C)cc1C#CCN. The minimum absolute atomic E-state index is 0.0366. The van der Waals surface area contributed by atoms with E-state index in [0.717, 1.165) is 18.4 Å². The van der Waals surface area contributed by atoms with Gasteiger partial charge in [0.25, 0.3) is 5.91 Å². The lowest BCUT2D eigenvalue weighted by Crippen LogP contribution is -2.34. The number of hydrogen-bond donors (Lipinski definition) is 2. The lowest BCUT2D eigenvalue weighted by atomic mass is 10.0.